The molecule has 1 fully saturated rings. The minimum atomic E-state index is -0.541. The molecule has 1 unspecified atom stereocenters. The Kier molecular flexibility index (Phi) is 4.30. The molecule has 0 bridgehead atoms. The summed E-state index contributed by atoms with van der Waals surface area (Å²) in [6.07, 6.45) is 2.58. The zero-order valence-corrected chi connectivity index (χ0v) is 11.1. The van der Waals surface area contributed by atoms with Crippen molar-refractivity contribution in [1.82, 2.24) is 5.32 Å². The van der Waals surface area contributed by atoms with Gasteiger partial charge in [0.05, 0.1) is 12.1 Å². The minimum absolute atomic E-state index is 0.0107. The van der Waals surface area contributed by atoms with Gasteiger partial charge in [-0.25, -0.2) is 4.39 Å². The average Bonchev–Trinajstić information content (AvgIpc) is 2.40. The zero-order valence-electron chi connectivity index (χ0n) is 10.3. The Morgan fingerprint density at radius 1 is 1.61 bits per heavy atom. The van der Waals surface area contributed by atoms with Crippen LogP contribution < -0.4 is 10.1 Å². The second-order valence-corrected chi connectivity index (χ2v) is 5.03. The molecule has 1 aliphatic heterocycles. The highest BCUT2D eigenvalue weighted by Gasteiger charge is 2.22. The van der Waals surface area contributed by atoms with Crippen LogP contribution in [0.4, 0.5) is 4.39 Å². The van der Waals surface area contributed by atoms with E-state index in [1.165, 1.54) is 13.2 Å². The SMILES string of the molecule is COc1cc(Cl)c(F)c(CC2CCCNC2)c1O. The third kappa shape index (κ3) is 2.70. The maximum Gasteiger partial charge on any atom is 0.163 e. The van der Waals surface area contributed by atoms with Crippen molar-refractivity contribution in [2.24, 2.45) is 5.92 Å². The van der Waals surface area contributed by atoms with Crippen molar-refractivity contribution in [3.8, 4) is 11.5 Å². The first-order valence-corrected chi connectivity index (χ1v) is 6.45. The van der Waals surface area contributed by atoms with Crippen molar-refractivity contribution in [2.45, 2.75) is 19.3 Å². The van der Waals surface area contributed by atoms with E-state index in [0.717, 1.165) is 25.9 Å². The molecule has 0 radical (unpaired) electrons. The highest BCUT2D eigenvalue weighted by Crippen LogP contribution is 2.38. The third-order valence-electron chi connectivity index (χ3n) is 3.36. The van der Waals surface area contributed by atoms with E-state index >= 15 is 0 Å². The molecule has 5 heteroatoms. The van der Waals surface area contributed by atoms with Crippen LogP contribution in [-0.4, -0.2) is 25.3 Å². The van der Waals surface area contributed by atoms with E-state index in [1.54, 1.807) is 0 Å². The molecular weight excluding hydrogens is 257 g/mol. The van der Waals surface area contributed by atoms with Gasteiger partial charge in [0.25, 0.3) is 0 Å². The Hall–Kier alpha value is -1.00. The predicted octanol–water partition coefficient (Wildman–Crippen LogP) is 2.74. The Morgan fingerprint density at radius 3 is 3.00 bits per heavy atom. The molecule has 1 aliphatic rings. The molecule has 1 aromatic rings. The molecule has 3 nitrogen and oxygen atoms in total. The zero-order chi connectivity index (χ0) is 13.1. The van der Waals surface area contributed by atoms with E-state index in [0.29, 0.717) is 12.3 Å². The number of hydrogen-bond donors (Lipinski definition) is 2. The molecule has 100 valence electrons. The van der Waals surface area contributed by atoms with E-state index < -0.39 is 5.82 Å². The standard InChI is InChI=1S/C13H17ClFNO2/c1-18-11-6-10(14)12(15)9(13(11)17)5-8-3-2-4-16-7-8/h6,8,16-17H,2-5,7H2,1H3. The highest BCUT2D eigenvalue weighted by atomic mass is 35.5. The lowest BCUT2D eigenvalue weighted by Gasteiger charge is -2.23. The number of piperidine rings is 1. The summed E-state index contributed by atoms with van der Waals surface area (Å²) in [6.45, 7) is 1.84. The van der Waals surface area contributed by atoms with Crippen molar-refractivity contribution in [3.63, 3.8) is 0 Å². The second-order valence-electron chi connectivity index (χ2n) is 4.62. The number of phenolic OH excluding ortho intramolecular Hbond substituents is 1. The summed E-state index contributed by atoms with van der Waals surface area (Å²) in [4.78, 5) is 0. The largest absolute Gasteiger partial charge is 0.504 e. The molecule has 1 atom stereocenters. The van der Waals surface area contributed by atoms with Gasteiger partial charge in [-0.3, -0.25) is 0 Å². The number of ether oxygens (including phenoxy) is 1. The van der Waals surface area contributed by atoms with Gasteiger partial charge >= 0.3 is 0 Å². The first-order valence-electron chi connectivity index (χ1n) is 6.08. The van der Waals surface area contributed by atoms with Crippen LogP contribution in [0.25, 0.3) is 0 Å². The number of halogens is 2. The quantitative estimate of drug-likeness (QED) is 0.890. The van der Waals surface area contributed by atoms with E-state index in [4.69, 9.17) is 16.3 Å². The molecule has 2 rings (SSSR count). The summed E-state index contributed by atoms with van der Waals surface area (Å²) >= 11 is 5.81. The molecule has 2 N–H and O–H groups in total. The van der Waals surface area contributed by atoms with Gasteiger partial charge in [0, 0.05) is 11.6 Å². The maximum atomic E-state index is 14.0. The fourth-order valence-corrected chi connectivity index (χ4v) is 2.59. The molecular formula is C13H17ClFNO2. The number of phenols is 1. The van der Waals surface area contributed by atoms with Crippen LogP contribution in [0.1, 0.15) is 18.4 Å². The fourth-order valence-electron chi connectivity index (χ4n) is 2.37. The maximum absolute atomic E-state index is 14.0. The summed E-state index contributed by atoms with van der Waals surface area (Å²) in [5.41, 5.74) is 0.257. The van der Waals surface area contributed by atoms with Gasteiger partial charge in [0.1, 0.15) is 5.82 Å². The van der Waals surface area contributed by atoms with Gasteiger partial charge in [-0.2, -0.15) is 0 Å². The summed E-state index contributed by atoms with van der Waals surface area (Å²) in [7, 11) is 1.43. The smallest absolute Gasteiger partial charge is 0.163 e. The Balaban J connectivity index is 2.27. The van der Waals surface area contributed by atoms with Crippen LogP contribution in [0.5, 0.6) is 11.5 Å². The van der Waals surface area contributed by atoms with E-state index in [-0.39, 0.29) is 22.1 Å². The van der Waals surface area contributed by atoms with Gasteiger partial charge in [-0.15, -0.1) is 0 Å². The first-order chi connectivity index (χ1) is 8.63. The minimum Gasteiger partial charge on any atom is -0.504 e. The van der Waals surface area contributed by atoms with E-state index in [9.17, 15) is 9.50 Å². The molecule has 0 saturated carbocycles. The van der Waals surface area contributed by atoms with Crippen LogP contribution in [0.3, 0.4) is 0 Å². The van der Waals surface area contributed by atoms with Crippen LogP contribution in [0, 0.1) is 11.7 Å². The molecule has 0 aliphatic carbocycles. The van der Waals surface area contributed by atoms with E-state index in [2.05, 4.69) is 5.32 Å². The summed E-state index contributed by atoms with van der Waals surface area (Å²) in [5.74, 6) is -0.131. The summed E-state index contributed by atoms with van der Waals surface area (Å²) < 4.78 is 19.0. The van der Waals surface area contributed by atoms with Gasteiger partial charge in [0.15, 0.2) is 11.5 Å². The normalized spacial score (nSPS) is 19.8. The van der Waals surface area contributed by atoms with Gasteiger partial charge in [0.2, 0.25) is 0 Å². The van der Waals surface area contributed by atoms with Gasteiger partial charge in [-0.1, -0.05) is 11.6 Å². The molecule has 0 aromatic heterocycles. The lowest BCUT2D eigenvalue weighted by molar-refractivity contribution is 0.347. The van der Waals surface area contributed by atoms with Gasteiger partial charge in [-0.05, 0) is 38.3 Å². The Bertz CT molecular complexity index is 433. The number of aromatic hydroxyl groups is 1. The molecule has 1 heterocycles. The molecule has 1 saturated heterocycles. The van der Waals surface area contributed by atoms with E-state index in [1.807, 2.05) is 0 Å². The van der Waals surface area contributed by atoms with Crippen molar-refractivity contribution in [2.75, 3.05) is 20.2 Å². The van der Waals surface area contributed by atoms with Gasteiger partial charge < -0.3 is 15.2 Å². The van der Waals surface area contributed by atoms with Crippen LogP contribution in [-0.2, 0) is 6.42 Å². The Morgan fingerprint density at radius 2 is 2.39 bits per heavy atom. The fraction of sp³-hybridized carbons (Fsp3) is 0.538. The number of hydrogen-bond acceptors (Lipinski definition) is 3. The van der Waals surface area contributed by atoms with Crippen molar-refractivity contribution in [1.29, 1.82) is 0 Å². The first kappa shape index (κ1) is 13.4. The number of nitrogens with one attached hydrogen (secondary N) is 1. The lowest BCUT2D eigenvalue weighted by Crippen LogP contribution is -2.31. The lowest BCUT2D eigenvalue weighted by atomic mass is 9.91. The topological polar surface area (TPSA) is 41.5 Å². The van der Waals surface area contributed by atoms with Crippen molar-refractivity contribution >= 4 is 11.6 Å². The number of benzene rings is 1. The van der Waals surface area contributed by atoms with Crippen LogP contribution in [0.15, 0.2) is 6.07 Å². The highest BCUT2D eigenvalue weighted by molar-refractivity contribution is 6.31. The number of methoxy groups -OCH3 is 1. The summed E-state index contributed by atoms with van der Waals surface area (Å²) in [5, 5.41) is 13.2. The number of rotatable bonds is 3. The van der Waals surface area contributed by atoms with Crippen molar-refractivity contribution < 1.29 is 14.2 Å². The predicted molar refractivity (Wildman–Crippen MR) is 68.9 cm³/mol. The summed E-state index contributed by atoms with van der Waals surface area (Å²) in [6, 6.07) is 1.30. The van der Waals surface area contributed by atoms with Crippen molar-refractivity contribution in [3.05, 3.63) is 22.5 Å². The second kappa shape index (κ2) is 5.76. The molecule has 1 aromatic carbocycles. The van der Waals surface area contributed by atoms with Crippen LogP contribution >= 0.6 is 11.6 Å². The molecule has 0 amide bonds. The molecule has 18 heavy (non-hydrogen) atoms. The monoisotopic (exact) mass is 273 g/mol. The third-order valence-corrected chi connectivity index (χ3v) is 3.64. The van der Waals surface area contributed by atoms with Crippen LogP contribution in [0.2, 0.25) is 5.02 Å². The molecule has 0 spiro atoms. The Labute approximate surface area is 111 Å². The average molecular weight is 274 g/mol.